The zero-order valence-corrected chi connectivity index (χ0v) is 17.0. The van der Waals surface area contributed by atoms with Gasteiger partial charge in [0.15, 0.2) is 0 Å². The number of carbonyl (C=O) groups is 2. The molecule has 2 N–H and O–H groups in total. The number of hydrogen-bond donors (Lipinski definition) is 1. The number of carbonyl (C=O) groups excluding carboxylic acids is 2. The third-order valence-corrected chi connectivity index (χ3v) is 5.90. The summed E-state index contributed by atoms with van der Waals surface area (Å²) in [6.07, 6.45) is 4.45. The van der Waals surface area contributed by atoms with E-state index in [9.17, 15) is 9.59 Å². The van der Waals surface area contributed by atoms with Crippen molar-refractivity contribution in [3.63, 3.8) is 0 Å². The van der Waals surface area contributed by atoms with Gasteiger partial charge < -0.3 is 15.5 Å². The van der Waals surface area contributed by atoms with Gasteiger partial charge in [0, 0.05) is 55.2 Å². The number of nitrogens with zero attached hydrogens (tertiary/aromatic N) is 3. The van der Waals surface area contributed by atoms with Crippen LogP contribution < -0.4 is 10.6 Å². The zero-order chi connectivity index (χ0) is 19.4. The van der Waals surface area contributed by atoms with Crippen molar-refractivity contribution in [3.05, 3.63) is 57.3 Å². The molecule has 3 rings (SSSR count). The third-order valence-electron chi connectivity index (χ3n) is 4.64. The molecule has 0 saturated carbocycles. The first-order valence-electron chi connectivity index (χ1n) is 8.66. The van der Waals surface area contributed by atoms with Crippen molar-refractivity contribution < 1.29 is 9.59 Å². The number of pyridine rings is 1. The summed E-state index contributed by atoms with van der Waals surface area (Å²) < 4.78 is 0.605. The lowest BCUT2D eigenvalue weighted by molar-refractivity contribution is -0.131. The van der Waals surface area contributed by atoms with Crippen molar-refractivity contribution in [2.75, 3.05) is 31.1 Å². The molecule has 2 heterocycles. The number of anilines is 1. The number of aryl methyl sites for hydroxylation is 1. The zero-order valence-electron chi connectivity index (χ0n) is 14.7. The fourth-order valence-electron chi connectivity index (χ4n) is 3.15. The Labute approximate surface area is 171 Å². The van der Waals surface area contributed by atoms with Crippen LogP contribution in [-0.2, 0) is 11.2 Å². The van der Waals surface area contributed by atoms with E-state index in [0.29, 0.717) is 35.4 Å². The summed E-state index contributed by atoms with van der Waals surface area (Å²) in [7, 11) is 0. The number of halogens is 2. The van der Waals surface area contributed by atoms with Crippen LogP contribution in [0.25, 0.3) is 0 Å². The average Bonchev–Trinajstić information content (AvgIpc) is 2.69. The van der Waals surface area contributed by atoms with Crippen LogP contribution in [-0.4, -0.2) is 47.9 Å². The first-order chi connectivity index (χ1) is 13.0. The highest BCUT2D eigenvalue weighted by Gasteiger charge is 2.21. The predicted octanol–water partition coefficient (Wildman–Crippen LogP) is 2.88. The molecule has 1 saturated heterocycles. The standard InChI is InChI=1S/C19H20BrClN4O2/c20-16-12-13(11-15(18(16)21)19(22)27)1-2-17(26)25-9-7-24(8-10-25)14-3-5-23-6-4-14/h3-6,11-12H,1-2,7-10H2,(H2,22,27). The molecule has 1 aromatic carbocycles. The molecule has 1 aliphatic heterocycles. The number of aromatic nitrogens is 1. The van der Waals surface area contributed by atoms with Crippen molar-refractivity contribution in [2.45, 2.75) is 12.8 Å². The first-order valence-corrected chi connectivity index (χ1v) is 9.83. The van der Waals surface area contributed by atoms with Gasteiger partial charge in [-0.1, -0.05) is 11.6 Å². The molecule has 0 radical (unpaired) electrons. The van der Waals surface area contributed by atoms with Gasteiger partial charge in [0.1, 0.15) is 0 Å². The maximum atomic E-state index is 12.6. The summed E-state index contributed by atoms with van der Waals surface area (Å²) in [5.41, 5.74) is 7.60. The van der Waals surface area contributed by atoms with Gasteiger partial charge in [0.05, 0.1) is 10.6 Å². The van der Waals surface area contributed by atoms with Crippen LogP contribution in [0.1, 0.15) is 22.3 Å². The molecule has 27 heavy (non-hydrogen) atoms. The molecule has 8 heteroatoms. The van der Waals surface area contributed by atoms with Gasteiger partial charge in [-0.05, 0) is 52.2 Å². The van der Waals surface area contributed by atoms with E-state index in [-0.39, 0.29) is 11.5 Å². The van der Waals surface area contributed by atoms with Crippen molar-refractivity contribution in [3.8, 4) is 0 Å². The molecule has 0 aliphatic carbocycles. The fourth-order valence-corrected chi connectivity index (χ4v) is 3.86. The van der Waals surface area contributed by atoms with Gasteiger partial charge >= 0.3 is 0 Å². The number of rotatable bonds is 5. The van der Waals surface area contributed by atoms with Crippen LogP contribution in [0.15, 0.2) is 41.1 Å². The maximum absolute atomic E-state index is 12.6. The van der Waals surface area contributed by atoms with Crippen LogP contribution >= 0.6 is 27.5 Å². The second-order valence-electron chi connectivity index (χ2n) is 6.38. The smallest absolute Gasteiger partial charge is 0.250 e. The average molecular weight is 452 g/mol. The molecule has 0 spiro atoms. The van der Waals surface area contributed by atoms with Gasteiger partial charge in [-0.25, -0.2) is 0 Å². The Morgan fingerprint density at radius 1 is 1.15 bits per heavy atom. The molecule has 1 aromatic heterocycles. The Kier molecular flexibility index (Phi) is 6.34. The van der Waals surface area contributed by atoms with E-state index in [0.717, 1.165) is 24.3 Å². The van der Waals surface area contributed by atoms with E-state index in [4.69, 9.17) is 17.3 Å². The topological polar surface area (TPSA) is 79.5 Å². The SMILES string of the molecule is NC(=O)c1cc(CCC(=O)N2CCN(c3ccncc3)CC2)cc(Br)c1Cl. The molecule has 142 valence electrons. The minimum atomic E-state index is -0.582. The van der Waals surface area contributed by atoms with Crippen LogP contribution in [0.5, 0.6) is 0 Å². The van der Waals surface area contributed by atoms with E-state index < -0.39 is 5.91 Å². The van der Waals surface area contributed by atoms with Gasteiger partial charge in [-0.3, -0.25) is 14.6 Å². The van der Waals surface area contributed by atoms with Gasteiger partial charge in [-0.15, -0.1) is 0 Å². The molecule has 0 atom stereocenters. The first kappa shape index (κ1) is 19.6. The third kappa shape index (κ3) is 4.78. The van der Waals surface area contributed by atoms with E-state index in [1.54, 1.807) is 18.5 Å². The predicted molar refractivity (Wildman–Crippen MR) is 109 cm³/mol. The molecule has 1 aliphatic rings. The minimum absolute atomic E-state index is 0.107. The molecule has 2 aromatic rings. The number of benzene rings is 1. The molecule has 6 nitrogen and oxygen atoms in total. The Hall–Kier alpha value is -2.12. The number of piperazine rings is 1. The van der Waals surface area contributed by atoms with E-state index in [2.05, 4.69) is 25.8 Å². The number of hydrogen-bond acceptors (Lipinski definition) is 4. The van der Waals surface area contributed by atoms with Gasteiger partial charge in [0.25, 0.3) is 0 Å². The largest absolute Gasteiger partial charge is 0.368 e. The van der Waals surface area contributed by atoms with Crippen LogP contribution in [0.3, 0.4) is 0 Å². The van der Waals surface area contributed by atoms with Crippen LogP contribution in [0.2, 0.25) is 5.02 Å². The Balaban J connectivity index is 1.55. The second-order valence-corrected chi connectivity index (χ2v) is 7.61. The molecule has 0 unspecified atom stereocenters. The van der Waals surface area contributed by atoms with Crippen LogP contribution in [0, 0.1) is 0 Å². The van der Waals surface area contributed by atoms with E-state index >= 15 is 0 Å². The van der Waals surface area contributed by atoms with Crippen LogP contribution in [0.4, 0.5) is 5.69 Å². The molecular weight excluding hydrogens is 432 g/mol. The summed E-state index contributed by atoms with van der Waals surface area (Å²) in [5, 5.41) is 0.296. The maximum Gasteiger partial charge on any atom is 0.250 e. The second kappa shape index (κ2) is 8.71. The Morgan fingerprint density at radius 3 is 2.44 bits per heavy atom. The lowest BCUT2D eigenvalue weighted by Gasteiger charge is -2.36. The number of nitrogens with two attached hydrogens (primary N) is 1. The highest BCUT2D eigenvalue weighted by atomic mass is 79.9. The number of amides is 2. The summed E-state index contributed by atoms with van der Waals surface area (Å²) in [4.78, 5) is 32.2. The normalized spacial score (nSPS) is 14.3. The molecule has 2 amide bonds. The van der Waals surface area contributed by atoms with Crippen molar-refractivity contribution in [1.29, 1.82) is 0 Å². The quantitative estimate of drug-likeness (QED) is 0.758. The van der Waals surface area contributed by atoms with Gasteiger partial charge in [0.2, 0.25) is 11.8 Å². The Bertz CT molecular complexity index is 839. The van der Waals surface area contributed by atoms with Gasteiger partial charge in [-0.2, -0.15) is 0 Å². The monoisotopic (exact) mass is 450 g/mol. The molecule has 1 fully saturated rings. The van der Waals surface area contributed by atoms with E-state index in [1.807, 2.05) is 23.1 Å². The fraction of sp³-hybridized carbons (Fsp3) is 0.316. The summed E-state index contributed by atoms with van der Waals surface area (Å²) in [5.74, 6) is -0.475. The minimum Gasteiger partial charge on any atom is -0.368 e. The highest BCUT2D eigenvalue weighted by molar-refractivity contribution is 9.10. The lowest BCUT2D eigenvalue weighted by Crippen LogP contribution is -2.48. The molecular formula is C19H20BrClN4O2. The van der Waals surface area contributed by atoms with Crippen molar-refractivity contribution in [1.82, 2.24) is 9.88 Å². The van der Waals surface area contributed by atoms with Crippen molar-refractivity contribution >= 4 is 45.0 Å². The summed E-state index contributed by atoms with van der Waals surface area (Å²) in [6, 6.07) is 7.44. The summed E-state index contributed by atoms with van der Waals surface area (Å²) in [6.45, 7) is 2.98. The highest BCUT2D eigenvalue weighted by Crippen LogP contribution is 2.28. The van der Waals surface area contributed by atoms with Crippen molar-refractivity contribution in [2.24, 2.45) is 5.73 Å². The summed E-state index contributed by atoms with van der Waals surface area (Å²) >= 11 is 9.41. The molecule has 0 bridgehead atoms. The van der Waals surface area contributed by atoms with E-state index in [1.165, 1.54) is 0 Å². The number of primary amides is 1. The Morgan fingerprint density at radius 2 is 1.81 bits per heavy atom. The lowest BCUT2D eigenvalue weighted by atomic mass is 10.1.